The van der Waals surface area contributed by atoms with Crippen molar-refractivity contribution in [2.75, 3.05) is 11.9 Å². The molecule has 7 heteroatoms. The molecule has 2 aromatic carbocycles. The number of anilines is 1. The van der Waals surface area contributed by atoms with Gasteiger partial charge in [0, 0.05) is 11.4 Å². The molecule has 0 amide bonds. The lowest BCUT2D eigenvalue weighted by Crippen LogP contribution is -2.06. The van der Waals surface area contributed by atoms with Crippen molar-refractivity contribution >= 4 is 27.4 Å². The highest BCUT2D eigenvalue weighted by atomic mass is 32.1. The van der Waals surface area contributed by atoms with Crippen LogP contribution in [0, 0.1) is 18.6 Å². The van der Waals surface area contributed by atoms with Gasteiger partial charge in [0.05, 0.1) is 17.2 Å². The minimum absolute atomic E-state index is 0.647. The van der Waals surface area contributed by atoms with Gasteiger partial charge in [-0.25, -0.2) is 18.7 Å². The van der Waals surface area contributed by atoms with Crippen LogP contribution in [-0.2, 0) is 6.42 Å². The normalized spacial score (nSPS) is 11.2. The fourth-order valence-corrected chi connectivity index (χ4v) is 4.62. The maximum Gasteiger partial charge on any atom is 0.166 e. The van der Waals surface area contributed by atoms with Crippen LogP contribution in [0.4, 0.5) is 14.6 Å². The molecule has 1 N–H and O–H groups in total. The lowest BCUT2D eigenvalue weighted by atomic mass is 10.0. The van der Waals surface area contributed by atoms with Gasteiger partial charge >= 0.3 is 0 Å². The largest absolute Gasteiger partial charge is 0.472 e. The van der Waals surface area contributed by atoms with E-state index in [1.165, 1.54) is 16.5 Å². The Morgan fingerprint density at radius 1 is 0.909 bits per heavy atom. The molecule has 166 valence electrons. The van der Waals surface area contributed by atoms with Crippen LogP contribution in [0.2, 0.25) is 0 Å². The average Bonchev–Trinajstić information content (AvgIpc) is 3.48. The van der Waals surface area contributed by atoms with Crippen molar-refractivity contribution in [1.29, 1.82) is 0 Å². The average molecular weight is 462 g/mol. The molecule has 0 saturated heterocycles. The van der Waals surface area contributed by atoms with E-state index in [9.17, 15) is 8.78 Å². The van der Waals surface area contributed by atoms with Crippen molar-refractivity contribution < 1.29 is 13.2 Å². The third kappa shape index (κ3) is 4.64. The third-order valence-electron chi connectivity index (χ3n) is 5.44. The number of benzene rings is 2. The highest BCUT2D eigenvalue weighted by Gasteiger charge is 2.12. The summed E-state index contributed by atoms with van der Waals surface area (Å²) in [5.74, 6) is -0.195. The zero-order valence-corrected chi connectivity index (χ0v) is 18.8. The third-order valence-corrected chi connectivity index (χ3v) is 6.38. The highest BCUT2D eigenvalue weighted by Crippen LogP contribution is 2.31. The van der Waals surface area contributed by atoms with E-state index in [1.54, 1.807) is 29.9 Å². The number of rotatable bonds is 7. The predicted octanol–water partition coefficient (Wildman–Crippen LogP) is 7.25. The molecule has 0 bridgehead atoms. The van der Waals surface area contributed by atoms with Gasteiger partial charge in [-0.15, -0.1) is 11.3 Å². The smallest absolute Gasteiger partial charge is 0.166 e. The first-order chi connectivity index (χ1) is 16.1. The first-order valence-electron chi connectivity index (χ1n) is 10.7. The second kappa shape index (κ2) is 9.11. The molecule has 0 aliphatic carbocycles. The Morgan fingerprint density at radius 2 is 1.73 bits per heavy atom. The van der Waals surface area contributed by atoms with Crippen LogP contribution in [-0.4, -0.2) is 16.5 Å². The SMILES string of the molecule is Cc1cc2c(NCCCc3ccc(-c4ccc(F)c(F)c4)cc3)nc(-c3ccoc3)nc2s1. The zero-order chi connectivity index (χ0) is 22.8. The fraction of sp³-hybridized carbons (Fsp3) is 0.154. The fourth-order valence-electron chi connectivity index (χ4n) is 3.74. The van der Waals surface area contributed by atoms with Gasteiger partial charge < -0.3 is 9.73 Å². The maximum atomic E-state index is 13.5. The molecular formula is C26H21F2N3OS. The summed E-state index contributed by atoms with van der Waals surface area (Å²) in [7, 11) is 0. The predicted molar refractivity (Wildman–Crippen MR) is 128 cm³/mol. The van der Waals surface area contributed by atoms with Crippen LogP contribution in [0.25, 0.3) is 32.7 Å². The van der Waals surface area contributed by atoms with Crippen LogP contribution < -0.4 is 5.32 Å². The minimum Gasteiger partial charge on any atom is -0.472 e. The van der Waals surface area contributed by atoms with Crippen LogP contribution in [0.1, 0.15) is 16.9 Å². The summed E-state index contributed by atoms with van der Waals surface area (Å²) in [6, 6.07) is 15.9. The number of thiophene rings is 1. The Bertz CT molecular complexity index is 1400. The molecule has 0 unspecified atom stereocenters. The molecule has 0 fully saturated rings. The first-order valence-corrected chi connectivity index (χ1v) is 11.5. The molecule has 5 aromatic rings. The van der Waals surface area contributed by atoms with Gasteiger partial charge in [-0.1, -0.05) is 30.3 Å². The molecule has 3 aromatic heterocycles. The second-order valence-corrected chi connectivity index (χ2v) is 9.07. The summed E-state index contributed by atoms with van der Waals surface area (Å²) < 4.78 is 31.8. The number of hydrogen-bond acceptors (Lipinski definition) is 5. The van der Waals surface area contributed by atoms with E-state index in [-0.39, 0.29) is 0 Å². The zero-order valence-electron chi connectivity index (χ0n) is 17.9. The van der Waals surface area contributed by atoms with Crippen molar-refractivity contribution in [3.63, 3.8) is 0 Å². The molecule has 0 aliphatic heterocycles. The van der Waals surface area contributed by atoms with Crippen LogP contribution in [0.15, 0.2) is 71.5 Å². The van der Waals surface area contributed by atoms with E-state index < -0.39 is 11.6 Å². The molecule has 0 radical (unpaired) electrons. The summed E-state index contributed by atoms with van der Waals surface area (Å²) in [4.78, 5) is 11.5. The Morgan fingerprint density at radius 3 is 2.48 bits per heavy atom. The summed E-state index contributed by atoms with van der Waals surface area (Å²) in [5, 5.41) is 4.50. The van der Waals surface area contributed by atoms with Gasteiger partial charge in [0.2, 0.25) is 0 Å². The van der Waals surface area contributed by atoms with E-state index in [4.69, 9.17) is 9.40 Å². The Kier molecular flexibility index (Phi) is 5.88. The van der Waals surface area contributed by atoms with Gasteiger partial charge in [-0.05, 0) is 60.7 Å². The van der Waals surface area contributed by atoms with Crippen molar-refractivity contribution in [1.82, 2.24) is 9.97 Å². The van der Waals surface area contributed by atoms with E-state index >= 15 is 0 Å². The molecule has 3 heterocycles. The minimum atomic E-state index is -0.835. The number of nitrogens with one attached hydrogen (secondary N) is 1. The molecule has 4 nitrogen and oxygen atoms in total. The Hall–Kier alpha value is -3.58. The maximum absolute atomic E-state index is 13.5. The summed E-state index contributed by atoms with van der Waals surface area (Å²) in [5.41, 5.74) is 3.56. The molecule has 0 spiro atoms. The molecule has 0 saturated carbocycles. The van der Waals surface area contributed by atoms with Gasteiger partial charge in [0.15, 0.2) is 17.5 Å². The molecular weight excluding hydrogens is 440 g/mol. The monoisotopic (exact) mass is 461 g/mol. The number of fused-ring (bicyclic) bond motifs is 1. The number of aromatic nitrogens is 2. The molecule has 0 aliphatic rings. The van der Waals surface area contributed by atoms with Gasteiger partial charge in [-0.3, -0.25) is 0 Å². The Labute approximate surface area is 193 Å². The lowest BCUT2D eigenvalue weighted by Gasteiger charge is -2.09. The van der Waals surface area contributed by atoms with Crippen LogP contribution in [0.5, 0.6) is 0 Å². The number of furan rings is 1. The summed E-state index contributed by atoms with van der Waals surface area (Å²) >= 11 is 1.65. The number of hydrogen-bond donors (Lipinski definition) is 1. The van der Waals surface area contributed by atoms with Gasteiger partial charge in [0.25, 0.3) is 0 Å². The van der Waals surface area contributed by atoms with Crippen LogP contribution in [0.3, 0.4) is 0 Å². The highest BCUT2D eigenvalue weighted by molar-refractivity contribution is 7.18. The number of halogens is 2. The van der Waals surface area contributed by atoms with E-state index in [1.807, 2.05) is 30.3 Å². The molecule has 33 heavy (non-hydrogen) atoms. The first kappa shape index (κ1) is 21.3. The topological polar surface area (TPSA) is 51.0 Å². The van der Waals surface area contributed by atoms with Crippen molar-refractivity contribution in [2.45, 2.75) is 19.8 Å². The van der Waals surface area contributed by atoms with E-state index in [0.717, 1.165) is 52.6 Å². The standard InChI is InChI=1S/C26H21F2N3OS/c1-16-13-21-25(30-24(31-26(21)33-16)20-10-12-32-15-20)29-11-2-3-17-4-6-18(7-5-17)19-8-9-22(27)23(28)14-19/h4-10,12-15H,2-3,11H2,1H3,(H,29,30,31). The second-order valence-electron chi connectivity index (χ2n) is 7.84. The van der Waals surface area contributed by atoms with Gasteiger partial charge in [0.1, 0.15) is 16.9 Å². The van der Waals surface area contributed by atoms with Crippen molar-refractivity contribution in [3.8, 4) is 22.5 Å². The summed E-state index contributed by atoms with van der Waals surface area (Å²) in [6.45, 7) is 2.83. The van der Waals surface area contributed by atoms with Gasteiger partial charge in [-0.2, -0.15) is 0 Å². The van der Waals surface area contributed by atoms with E-state index in [2.05, 4.69) is 23.3 Å². The molecule has 5 rings (SSSR count). The summed E-state index contributed by atoms with van der Waals surface area (Å²) in [6.07, 6.45) is 5.07. The lowest BCUT2D eigenvalue weighted by molar-refractivity contribution is 0.509. The number of nitrogens with zero attached hydrogens (tertiary/aromatic N) is 2. The Balaban J connectivity index is 1.24. The van der Waals surface area contributed by atoms with Crippen LogP contribution >= 0.6 is 11.3 Å². The number of aryl methyl sites for hydroxylation is 2. The quantitative estimate of drug-likeness (QED) is 0.259. The van der Waals surface area contributed by atoms with Crippen molar-refractivity contribution in [3.05, 3.63) is 89.2 Å². The van der Waals surface area contributed by atoms with Crippen molar-refractivity contribution in [2.24, 2.45) is 0 Å². The van der Waals surface area contributed by atoms with E-state index in [0.29, 0.717) is 11.4 Å². The molecule has 0 atom stereocenters.